The van der Waals surface area contributed by atoms with Crippen LogP contribution in [-0.2, 0) is 21.0 Å². The van der Waals surface area contributed by atoms with E-state index in [0.29, 0.717) is 16.8 Å². The molecule has 0 aliphatic rings. The predicted molar refractivity (Wildman–Crippen MR) is 128 cm³/mol. The lowest BCUT2D eigenvalue weighted by molar-refractivity contribution is -0.137. The molecule has 0 unspecified atom stereocenters. The van der Waals surface area contributed by atoms with Gasteiger partial charge in [0.2, 0.25) is 0 Å². The van der Waals surface area contributed by atoms with Gasteiger partial charge in [-0.15, -0.1) is 0 Å². The number of anilines is 2. The number of halogens is 5. The monoisotopic (exact) mass is 546 g/mol. The van der Waals surface area contributed by atoms with Crippen molar-refractivity contribution in [1.82, 2.24) is 0 Å². The molecule has 12 heteroatoms. The average Bonchev–Trinajstić information content (AvgIpc) is 2.76. The SMILES string of the molecule is CC(C)(Oc1ccc(Cl)cc1)C(=O)Nc1ccc(S(=O)(=O)Nc2ccc(Cl)c(C(F)(F)F)c2)cc1. The Balaban J connectivity index is 1.71. The molecule has 0 fully saturated rings. The van der Waals surface area contributed by atoms with E-state index in [1.807, 2.05) is 0 Å². The topological polar surface area (TPSA) is 84.5 Å². The number of nitrogens with one attached hydrogen (secondary N) is 2. The fourth-order valence-corrected chi connectivity index (χ4v) is 4.26. The van der Waals surface area contributed by atoms with Gasteiger partial charge in [0.1, 0.15) is 5.75 Å². The van der Waals surface area contributed by atoms with Gasteiger partial charge in [-0.05, 0) is 80.6 Å². The van der Waals surface area contributed by atoms with Crippen molar-refractivity contribution in [2.45, 2.75) is 30.5 Å². The van der Waals surface area contributed by atoms with Crippen LogP contribution in [0.2, 0.25) is 10.0 Å². The van der Waals surface area contributed by atoms with E-state index in [-0.39, 0.29) is 16.3 Å². The number of hydrogen-bond acceptors (Lipinski definition) is 4. The van der Waals surface area contributed by atoms with Gasteiger partial charge >= 0.3 is 6.18 Å². The lowest BCUT2D eigenvalue weighted by Crippen LogP contribution is -2.42. The van der Waals surface area contributed by atoms with E-state index >= 15 is 0 Å². The number of carbonyl (C=O) groups is 1. The molecule has 35 heavy (non-hydrogen) atoms. The lowest BCUT2D eigenvalue weighted by atomic mass is 10.1. The summed E-state index contributed by atoms with van der Waals surface area (Å²) in [5, 5.41) is 2.59. The second-order valence-electron chi connectivity index (χ2n) is 7.84. The molecule has 0 aliphatic heterocycles. The summed E-state index contributed by atoms with van der Waals surface area (Å²) in [4.78, 5) is 12.4. The van der Waals surface area contributed by atoms with Crippen molar-refractivity contribution in [3.05, 3.63) is 82.3 Å². The molecule has 0 aliphatic carbocycles. The standard InChI is InChI=1S/C23H19Cl2F3N2O4S/c1-22(2,34-17-8-3-14(24)4-9-17)21(31)29-15-5-10-18(11-6-15)35(32,33)30-16-7-12-20(25)19(13-16)23(26,27)28/h3-13,30H,1-2H3,(H,29,31). The molecule has 0 saturated carbocycles. The molecule has 0 spiro atoms. The number of alkyl halides is 3. The van der Waals surface area contributed by atoms with Gasteiger partial charge in [-0.25, -0.2) is 8.42 Å². The van der Waals surface area contributed by atoms with Crippen LogP contribution in [0.25, 0.3) is 0 Å². The van der Waals surface area contributed by atoms with Crippen LogP contribution in [0.5, 0.6) is 5.75 Å². The van der Waals surface area contributed by atoms with Gasteiger partial charge in [-0.1, -0.05) is 23.2 Å². The third kappa shape index (κ3) is 6.81. The van der Waals surface area contributed by atoms with Crippen molar-refractivity contribution in [2.24, 2.45) is 0 Å². The molecule has 6 nitrogen and oxygen atoms in total. The minimum absolute atomic E-state index is 0.226. The van der Waals surface area contributed by atoms with Crippen molar-refractivity contribution in [2.75, 3.05) is 10.0 Å². The van der Waals surface area contributed by atoms with E-state index in [1.54, 1.807) is 38.1 Å². The van der Waals surface area contributed by atoms with E-state index in [4.69, 9.17) is 27.9 Å². The quantitative estimate of drug-likeness (QED) is 0.349. The summed E-state index contributed by atoms with van der Waals surface area (Å²) in [6, 6.07) is 14.2. The molecule has 0 radical (unpaired) electrons. The first-order chi connectivity index (χ1) is 16.2. The Morgan fingerprint density at radius 3 is 2.03 bits per heavy atom. The van der Waals surface area contributed by atoms with Gasteiger partial charge in [-0.3, -0.25) is 9.52 Å². The molecule has 3 aromatic rings. The van der Waals surface area contributed by atoms with Crippen molar-refractivity contribution < 1.29 is 31.1 Å². The zero-order valence-electron chi connectivity index (χ0n) is 18.3. The normalized spacial score (nSPS) is 12.2. The maximum absolute atomic E-state index is 13.0. The largest absolute Gasteiger partial charge is 0.478 e. The van der Waals surface area contributed by atoms with Crippen LogP contribution < -0.4 is 14.8 Å². The highest BCUT2D eigenvalue weighted by atomic mass is 35.5. The lowest BCUT2D eigenvalue weighted by Gasteiger charge is -2.25. The number of carbonyl (C=O) groups excluding carboxylic acids is 1. The summed E-state index contributed by atoms with van der Waals surface area (Å²) in [5.41, 5.74) is -2.46. The zero-order chi connectivity index (χ0) is 26.0. The van der Waals surface area contributed by atoms with Crippen molar-refractivity contribution in [1.29, 1.82) is 0 Å². The smallest absolute Gasteiger partial charge is 0.417 e. The fourth-order valence-electron chi connectivity index (χ4n) is 2.86. The maximum atomic E-state index is 13.0. The van der Waals surface area contributed by atoms with Gasteiger partial charge in [0.15, 0.2) is 5.60 Å². The minimum Gasteiger partial charge on any atom is -0.478 e. The van der Waals surface area contributed by atoms with Crippen LogP contribution in [0.3, 0.4) is 0 Å². The molecule has 0 saturated heterocycles. The van der Waals surface area contributed by atoms with Gasteiger partial charge in [-0.2, -0.15) is 13.2 Å². The molecule has 2 N–H and O–H groups in total. The fraction of sp³-hybridized carbons (Fsp3) is 0.174. The van der Waals surface area contributed by atoms with Crippen LogP contribution in [0.15, 0.2) is 71.6 Å². The van der Waals surface area contributed by atoms with Crippen molar-refractivity contribution in [3.8, 4) is 5.75 Å². The summed E-state index contributed by atoms with van der Waals surface area (Å²) >= 11 is 11.4. The summed E-state index contributed by atoms with van der Waals surface area (Å²) in [7, 11) is -4.21. The highest BCUT2D eigenvalue weighted by molar-refractivity contribution is 7.92. The van der Waals surface area contributed by atoms with Crippen molar-refractivity contribution >= 4 is 50.5 Å². The highest BCUT2D eigenvalue weighted by Crippen LogP contribution is 2.36. The van der Waals surface area contributed by atoms with E-state index < -0.39 is 38.3 Å². The van der Waals surface area contributed by atoms with Gasteiger partial charge in [0, 0.05) is 16.4 Å². The van der Waals surface area contributed by atoms with Crippen LogP contribution in [-0.4, -0.2) is 19.9 Å². The summed E-state index contributed by atoms with van der Waals surface area (Å²) in [5.74, 6) is -0.0695. The molecule has 0 heterocycles. The number of rotatable bonds is 7. The Kier molecular flexibility index (Phi) is 7.59. The molecule has 0 aromatic heterocycles. The molecule has 1 amide bonds. The first-order valence-electron chi connectivity index (χ1n) is 9.93. The Labute approximate surface area is 210 Å². The van der Waals surface area contributed by atoms with E-state index in [1.165, 1.54) is 24.3 Å². The van der Waals surface area contributed by atoms with Crippen LogP contribution in [0, 0.1) is 0 Å². The zero-order valence-corrected chi connectivity index (χ0v) is 20.6. The highest BCUT2D eigenvalue weighted by Gasteiger charge is 2.34. The van der Waals surface area contributed by atoms with Gasteiger partial charge in [0.05, 0.1) is 15.5 Å². The molecule has 3 aromatic carbocycles. The van der Waals surface area contributed by atoms with Gasteiger partial charge < -0.3 is 10.1 Å². The molecule has 186 valence electrons. The van der Waals surface area contributed by atoms with Crippen LogP contribution >= 0.6 is 23.2 Å². The third-order valence-electron chi connectivity index (χ3n) is 4.68. The maximum Gasteiger partial charge on any atom is 0.417 e. The molecule has 3 rings (SSSR count). The number of hydrogen-bond donors (Lipinski definition) is 2. The molecule has 0 atom stereocenters. The van der Waals surface area contributed by atoms with E-state index in [9.17, 15) is 26.4 Å². The second-order valence-corrected chi connectivity index (χ2v) is 10.4. The average molecular weight is 547 g/mol. The second kappa shape index (κ2) is 9.96. The summed E-state index contributed by atoms with van der Waals surface area (Å²) < 4.78 is 72.2. The first kappa shape index (κ1) is 26.7. The minimum atomic E-state index is -4.75. The van der Waals surface area contributed by atoms with Crippen LogP contribution in [0.1, 0.15) is 19.4 Å². The third-order valence-corrected chi connectivity index (χ3v) is 6.66. The van der Waals surface area contributed by atoms with E-state index in [0.717, 1.165) is 12.1 Å². The molecular formula is C23H19Cl2F3N2O4S. The van der Waals surface area contributed by atoms with Crippen molar-refractivity contribution in [3.63, 3.8) is 0 Å². The summed E-state index contributed by atoms with van der Waals surface area (Å²) in [6.07, 6.45) is -4.75. The van der Waals surface area contributed by atoms with E-state index in [2.05, 4.69) is 10.0 Å². The van der Waals surface area contributed by atoms with Crippen LogP contribution in [0.4, 0.5) is 24.5 Å². The number of sulfonamides is 1. The number of ether oxygens (including phenoxy) is 1. The predicted octanol–water partition coefficient (Wildman–Crippen LogP) is 6.61. The first-order valence-corrected chi connectivity index (χ1v) is 12.2. The summed E-state index contributed by atoms with van der Waals surface area (Å²) in [6.45, 7) is 3.11. The number of amides is 1. The number of benzene rings is 3. The Bertz CT molecular complexity index is 1330. The van der Waals surface area contributed by atoms with Gasteiger partial charge in [0.25, 0.3) is 15.9 Å². The Morgan fingerprint density at radius 2 is 1.46 bits per heavy atom. The Hall–Kier alpha value is -2.95. The Morgan fingerprint density at radius 1 is 0.886 bits per heavy atom. The molecule has 0 bridgehead atoms. The molecular weight excluding hydrogens is 528 g/mol.